The van der Waals surface area contributed by atoms with Gasteiger partial charge in [0.1, 0.15) is 11.5 Å². The molecule has 24 heavy (non-hydrogen) atoms. The zero-order chi connectivity index (χ0) is 16.4. The van der Waals surface area contributed by atoms with Gasteiger partial charge in [-0.25, -0.2) is 4.79 Å². The first-order chi connectivity index (χ1) is 11.8. The number of carbonyl (C=O) groups is 1. The molecule has 3 heterocycles. The summed E-state index contributed by atoms with van der Waals surface area (Å²) in [5, 5.41) is 5.91. The van der Waals surface area contributed by atoms with Crippen molar-refractivity contribution < 1.29 is 19.0 Å². The number of benzene rings is 1. The van der Waals surface area contributed by atoms with Crippen molar-refractivity contribution in [3.63, 3.8) is 0 Å². The second-order valence-electron chi connectivity index (χ2n) is 6.25. The maximum Gasteiger partial charge on any atom is 0.319 e. The highest BCUT2D eigenvalue weighted by molar-refractivity contribution is 5.93. The lowest BCUT2D eigenvalue weighted by atomic mass is 10.0. The molecular weight excluding hydrogens is 310 g/mol. The Morgan fingerprint density at radius 1 is 1.12 bits per heavy atom. The SMILES string of the molecule is O=C(NCCN1CCOCC1)Nc1c2c(cc3c1OCC3)OCC2. The van der Waals surface area contributed by atoms with Crippen LogP contribution in [0, 0.1) is 0 Å². The number of hydrogen-bond acceptors (Lipinski definition) is 5. The molecule has 1 fully saturated rings. The fraction of sp³-hybridized carbons (Fsp3) is 0.588. The summed E-state index contributed by atoms with van der Waals surface area (Å²) >= 11 is 0. The molecule has 0 radical (unpaired) electrons. The van der Waals surface area contributed by atoms with Gasteiger partial charge in [0.25, 0.3) is 0 Å². The molecule has 0 saturated carbocycles. The van der Waals surface area contributed by atoms with Gasteiger partial charge in [0.15, 0.2) is 0 Å². The van der Waals surface area contributed by atoms with E-state index in [0.29, 0.717) is 19.8 Å². The minimum atomic E-state index is -0.193. The van der Waals surface area contributed by atoms with Crippen LogP contribution in [0.2, 0.25) is 0 Å². The largest absolute Gasteiger partial charge is 0.493 e. The number of anilines is 1. The fourth-order valence-electron chi connectivity index (χ4n) is 3.43. The van der Waals surface area contributed by atoms with E-state index in [1.165, 1.54) is 0 Å². The summed E-state index contributed by atoms with van der Waals surface area (Å²) in [7, 11) is 0. The van der Waals surface area contributed by atoms with E-state index < -0.39 is 0 Å². The maximum atomic E-state index is 12.3. The molecule has 1 aromatic carbocycles. The van der Waals surface area contributed by atoms with Crippen molar-refractivity contribution in [1.82, 2.24) is 10.2 Å². The molecule has 2 amide bonds. The van der Waals surface area contributed by atoms with E-state index in [4.69, 9.17) is 14.2 Å². The molecule has 1 aromatic rings. The number of morpholine rings is 1. The summed E-state index contributed by atoms with van der Waals surface area (Å²) in [6, 6.07) is 1.85. The van der Waals surface area contributed by atoms with Crippen molar-refractivity contribution >= 4 is 11.7 Å². The third-order valence-corrected chi connectivity index (χ3v) is 4.71. The van der Waals surface area contributed by atoms with Crippen molar-refractivity contribution in [2.24, 2.45) is 0 Å². The van der Waals surface area contributed by atoms with Gasteiger partial charge in [-0.05, 0) is 6.07 Å². The highest BCUT2D eigenvalue weighted by Gasteiger charge is 2.27. The number of fused-ring (bicyclic) bond motifs is 2. The molecule has 130 valence electrons. The molecule has 4 rings (SSSR count). The minimum absolute atomic E-state index is 0.193. The van der Waals surface area contributed by atoms with Crippen molar-refractivity contribution in [1.29, 1.82) is 0 Å². The fourth-order valence-corrected chi connectivity index (χ4v) is 3.43. The number of carbonyl (C=O) groups excluding carboxylic acids is 1. The number of urea groups is 1. The van der Waals surface area contributed by atoms with E-state index in [1.807, 2.05) is 6.07 Å². The highest BCUT2D eigenvalue weighted by atomic mass is 16.5. The molecule has 7 heteroatoms. The molecule has 1 saturated heterocycles. The summed E-state index contributed by atoms with van der Waals surface area (Å²) < 4.78 is 16.7. The Balaban J connectivity index is 1.37. The summed E-state index contributed by atoms with van der Waals surface area (Å²) in [5.74, 6) is 1.69. The van der Waals surface area contributed by atoms with Crippen LogP contribution >= 0.6 is 0 Å². The second-order valence-corrected chi connectivity index (χ2v) is 6.25. The monoisotopic (exact) mass is 333 g/mol. The average Bonchev–Trinajstić information content (AvgIpc) is 3.24. The van der Waals surface area contributed by atoms with Crippen LogP contribution in [0.4, 0.5) is 10.5 Å². The predicted octanol–water partition coefficient (Wildman–Crippen LogP) is 1.01. The summed E-state index contributed by atoms with van der Waals surface area (Å²) in [6.07, 6.45) is 1.66. The molecule has 0 spiro atoms. The first-order valence-corrected chi connectivity index (χ1v) is 8.60. The van der Waals surface area contributed by atoms with E-state index in [1.54, 1.807) is 0 Å². The van der Waals surface area contributed by atoms with Crippen molar-refractivity contribution in [3.8, 4) is 11.5 Å². The van der Waals surface area contributed by atoms with Crippen molar-refractivity contribution in [3.05, 3.63) is 17.2 Å². The van der Waals surface area contributed by atoms with Crippen molar-refractivity contribution in [2.75, 3.05) is 57.9 Å². The van der Waals surface area contributed by atoms with Crippen LogP contribution in [0.25, 0.3) is 0 Å². The van der Waals surface area contributed by atoms with Crippen LogP contribution in [0.3, 0.4) is 0 Å². The molecule has 0 atom stereocenters. The molecule has 2 N–H and O–H groups in total. The van der Waals surface area contributed by atoms with E-state index in [2.05, 4.69) is 15.5 Å². The van der Waals surface area contributed by atoms with Crippen LogP contribution in [0.1, 0.15) is 11.1 Å². The lowest BCUT2D eigenvalue weighted by Crippen LogP contribution is -2.42. The Labute approximate surface area is 141 Å². The van der Waals surface area contributed by atoms with Gasteiger partial charge in [0.2, 0.25) is 0 Å². The standard InChI is InChI=1S/C17H23N3O4/c21-17(18-3-4-20-5-9-22-10-6-20)19-15-13-2-8-23-14(13)11-12-1-7-24-16(12)15/h11H,1-10H2,(H2,18,19,21). The first-order valence-electron chi connectivity index (χ1n) is 8.60. The van der Waals surface area contributed by atoms with Crippen LogP contribution in [0.15, 0.2) is 6.07 Å². The molecular formula is C17H23N3O4. The van der Waals surface area contributed by atoms with E-state index >= 15 is 0 Å². The normalized spacial score (nSPS) is 19.2. The molecule has 7 nitrogen and oxygen atoms in total. The number of nitrogens with one attached hydrogen (secondary N) is 2. The van der Waals surface area contributed by atoms with Gasteiger partial charge in [-0.2, -0.15) is 0 Å². The Morgan fingerprint density at radius 2 is 1.96 bits per heavy atom. The number of hydrogen-bond donors (Lipinski definition) is 2. The van der Waals surface area contributed by atoms with Crippen LogP contribution in [-0.2, 0) is 17.6 Å². The average molecular weight is 333 g/mol. The molecule has 3 aliphatic rings. The molecule has 0 bridgehead atoms. The quantitative estimate of drug-likeness (QED) is 0.860. The Morgan fingerprint density at radius 3 is 2.83 bits per heavy atom. The topological polar surface area (TPSA) is 72.1 Å². The van der Waals surface area contributed by atoms with Crippen LogP contribution in [-0.4, -0.2) is 63.5 Å². The Hall–Kier alpha value is -1.99. The van der Waals surface area contributed by atoms with Gasteiger partial charge >= 0.3 is 6.03 Å². The molecule has 3 aliphatic heterocycles. The van der Waals surface area contributed by atoms with Crippen LogP contribution in [0.5, 0.6) is 11.5 Å². The summed E-state index contributed by atoms with van der Waals surface area (Å²) in [5.41, 5.74) is 2.93. The minimum Gasteiger partial charge on any atom is -0.493 e. The number of rotatable bonds is 4. The third kappa shape index (κ3) is 3.14. The van der Waals surface area contributed by atoms with Crippen LogP contribution < -0.4 is 20.1 Å². The number of ether oxygens (including phenoxy) is 3. The molecule has 0 unspecified atom stereocenters. The van der Waals surface area contributed by atoms with Gasteiger partial charge in [0.05, 0.1) is 32.1 Å². The first kappa shape index (κ1) is 15.5. The van der Waals surface area contributed by atoms with E-state index in [0.717, 1.165) is 74.0 Å². The lowest BCUT2D eigenvalue weighted by molar-refractivity contribution is 0.0388. The lowest BCUT2D eigenvalue weighted by Gasteiger charge is -2.26. The maximum absolute atomic E-state index is 12.3. The predicted molar refractivity (Wildman–Crippen MR) is 89.1 cm³/mol. The number of nitrogens with zero attached hydrogens (tertiary/aromatic N) is 1. The van der Waals surface area contributed by atoms with E-state index in [9.17, 15) is 4.79 Å². The van der Waals surface area contributed by atoms with Gasteiger partial charge in [0, 0.05) is 50.1 Å². The van der Waals surface area contributed by atoms with Crippen molar-refractivity contribution in [2.45, 2.75) is 12.8 Å². The Kier molecular flexibility index (Phi) is 4.44. The second kappa shape index (κ2) is 6.86. The summed E-state index contributed by atoms with van der Waals surface area (Å²) in [4.78, 5) is 14.6. The smallest absolute Gasteiger partial charge is 0.319 e. The van der Waals surface area contributed by atoms with E-state index in [-0.39, 0.29) is 6.03 Å². The van der Waals surface area contributed by atoms with Gasteiger partial charge < -0.3 is 24.8 Å². The van der Waals surface area contributed by atoms with Gasteiger partial charge in [-0.3, -0.25) is 4.90 Å². The van der Waals surface area contributed by atoms with Gasteiger partial charge in [-0.15, -0.1) is 0 Å². The zero-order valence-corrected chi connectivity index (χ0v) is 13.7. The summed E-state index contributed by atoms with van der Waals surface area (Å²) in [6.45, 7) is 6.15. The molecule has 0 aromatic heterocycles. The molecule has 0 aliphatic carbocycles. The number of amides is 2. The van der Waals surface area contributed by atoms with Gasteiger partial charge in [-0.1, -0.05) is 0 Å². The highest BCUT2D eigenvalue weighted by Crippen LogP contribution is 2.44. The Bertz CT molecular complexity index is 597. The third-order valence-electron chi connectivity index (χ3n) is 4.71. The zero-order valence-electron chi connectivity index (χ0n) is 13.7.